The van der Waals surface area contributed by atoms with E-state index in [4.69, 9.17) is 14.8 Å². The van der Waals surface area contributed by atoms with E-state index in [0.717, 1.165) is 0 Å². The first-order valence-electron chi connectivity index (χ1n) is 2.73. The van der Waals surface area contributed by atoms with Crippen molar-refractivity contribution in [2.24, 2.45) is 0 Å². The van der Waals surface area contributed by atoms with Crippen LogP contribution in [0.2, 0.25) is 0 Å². The number of hydrogen-bond acceptors (Lipinski definition) is 4. The number of aliphatic hydroxyl groups is 2. The first-order valence-corrected chi connectivity index (χ1v) is 4.17. The van der Waals surface area contributed by atoms with E-state index in [1.807, 2.05) is 0 Å². The Bertz CT molecular complexity index is 197. The Labute approximate surface area is 108 Å². The molecule has 0 heterocycles. The summed E-state index contributed by atoms with van der Waals surface area (Å²) in [6, 6.07) is 0. The van der Waals surface area contributed by atoms with Crippen LogP contribution in [0.5, 0.6) is 0 Å². The molecule has 0 unspecified atom stereocenters. The van der Waals surface area contributed by atoms with Crippen LogP contribution in [0.15, 0.2) is 0 Å². The molecule has 0 bridgehead atoms. The van der Waals surface area contributed by atoms with Crippen LogP contribution < -0.4 is 0 Å². The SMILES string of the molecule is CCCC(O)(O)S(=O)(=O)O.[K]. The van der Waals surface area contributed by atoms with Crippen molar-refractivity contribution >= 4 is 61.5 Å². The van der Waals surface area contributed by atoms with Crippen LogP contribution in [-0.2, 0) is 10.1 Å². The van der Waals surface area contributed by atoms with Crippen LogP contribution in [0.25, 0.3) is 0 Å². The zero-order chi connectivity index (χ0) is 8.41. The standard InChI is InChI=1S/C4H10O5S.K/c1-2-3-4(5,6)10(7,8)9;/h5-6H,2-3H2,1H3,(H,7,8,9);. The third-order valence-corrected chi connectivity index (χ3v) is 2.02. The van der Waals surface area contributed by atoms with Gasteiger partial charge in [-0.2, -0.15) is 8.42 Å². The summed E-state index contributed by atoms with van der Waals surface area (Å²) in [6.07, 6.45) is -0.140. The van der Waals surface area contributed by atoms with E-state index in [1.165, 1.54) is 0 Å². The molecule has 5 nitrogen and oxygen atoms in total. The van der Waals surface area contributed by atoms with Gasteiger partial charge in [0.25, 0.3) is 5.12 Å². The van der Waals surface area contributed by atoms with Gasteiger partial charge in [-0.3, -0.25) is 4.55 Å². The molecule has 0 saturated heterocycles. The maximum Gasteiger partial charge on any atom is 0.321 e. The second-order valence-corrected chi connectivity index (χ2v) is 3.57. The summed E-state index contributed by atoms with van der Waals surface area (Å²) in [4.78, 5) is 0. The van der Waals surface area contributed by atoms with Crippen molar-refractivity contribution in [2.45, 2.75) is 24.9 Å². The summed E-state index contributed by atoms with van der Waals surface area (Å²) in [7, 11) is -4.75. The predicted molar refractivity (Wildman–Crippen MR) is 39.4 cm³/mol. The van der Waals surface area contributed by atoms with E-state index in [-0.39, 0.29) is 57.8 Å². The molecule has 0 aliphatic carbocycles. The molecule has 0 aliphatic heterocycles. The van der Waals surface area contributed by atoms with Crippen molar-refractivity contribution in [3.8, 4) is 0 Å². The van der Waals surface area contributed by atoms with Gasteiger partial charge in [-0.05, 0) is 6.42 Å². The van der Waals surface area contributed by atoms with Crippen molar-refractivity contribution in [1.82, 2.24) is 0 Å². The van der Waals surface area contributed by atoms with Gasteiger partial charge < -0.3 is 10.2 Å². The summed E-state index contributed by atoms with van der Waals surface area (Å²) >= 11 is 0. The normalized spacial score (nSPS) is 12.4. The molecule has 63 valence electrons. The van der Waals surface area contributed by atoms with Crippen molar-refractivity contribution in [1.29, 1.82) is 0 Å². The van der Waals surface area contributed by atoms with Gasteiger partial charge in [-0.1, -0.05) is 6.92 Å². The Hall–Kier alpha value is 1.47. The molecule has 1 radical (unpaired) electrons. The summed E-state index contributed by atoms with van der Waals surface area (Å²) in [6.45, 7) is 1.56. The number of hydrogen-bond donors (Lipinski definition) is 3. The maximum absolute atomic E-state index is 10.1. The smallest absolute Gasteiger partial charge is 0.321 e. The molecule has 0 rings (SSSR count). The summed E-state index contributed by atoms with van der Waals surface area (Å²) in [5.74, 6) is 0. The third kappa shape index (κ3) is 4.91. The van der Waals surface area contributed by atoms with Crippen molar-refractivity contribution in [3.05, 3.63) is 0 Å². The average Bonchev–Trinajstić information content (AvgIpc) is 1.61. The minimum Gasteiger partial charge on any atom is -0.352 e. The monoisotopic (exact) mass is 209 g/mol. The molecule has 7 heteroatoms. The van der Waals surface area contributed by atoms with E-state index >= 15 is 0 Å². The van der Waals surface area contributed by atoms with E-state index in [1.54, 1.807) is 6.92 Å². The first kappa shape index (κ1) is 15.0. The second-order valence-electron chi connectivity index (χ2n) is 1.97. The quantitative estimate of drug-likeness (QED) is 0.312. The molecule has 0 amide bonds. The van der Waals surface area contributed by atoms with Gasteiger partial charge in [0.15, 0.2) is 0 Å². The number of rotatable bonds is 3. The van der Waals surface area contributed by atoms with Gasteiger partial charge in [-0.15, -0.1) is 0 Å². The molecular weight excluding hydrogens is 199 g/mol. The van der Waals surface area contributed by atoms with E-state index in [0.29, 0.717) is 0 Å². The van der Waals surface area contributed by atoms with Crippen molar-refractivity contribution < 1.29 is 23.2 Å². The molecule has 0 aromatic heterocycles. The van der Waals surface area contributed by atoms with Gasteiger partial charge in [0.2, 0.25) is 0 Å². The summed E-state index contributed by atoms with van der Waals surface area (Å²) in [5, 5.41) is 14.2. The zero-order valence-electron chi connectivity index (χ0n) is 6.48. The molecule has 0 aliphatic rings. The zero-order valence-corrected chi connectivity index (χ0v) is 10.4. The maximum atomic E-state index is 10.1. The van der Waals surface area contributed by atoms with Gasteiger partial charge in [0, 0.05) is 57.8 Å². The van der Waals surface area contributed by atoms with Crippen LogP contribution in [0, 0.1) is 0 Å². The average molecular weight is 209 g/mol. The molecule has 0 fully saturated rings. The Balaban J connectivity index is 0. The molecule has 0 aromatic rings. The fraction of sp³-hybridized carbons (Fsp3) is 1.00. The topological polar surface area (TPSA) is 94.8 Å². The fourth-order valence-electron chi connectivity index (χ4n) is 0.455. The first-order chi connectivity index (χ1) is 4.31. The minimum atomic E-state index is -4.75. The van der Waals surface area contributed by atoms with E-state index < -0.39 is 21.7 Å². The summed E-state index contributed by atoms with van der Waals surface area (Å²) in [5.41, 5.74) is 0. The second kappa shape index (κ2) is 5.25. The van der Waals surface area contributed by atoms with Crippen LogP contribution in [0.1, 0.15) is 19.8 Å². The molecular formula is C4H10KO5S. The van der Waals surface area contributed by atoms with Gasteiger partial charge >= 0.3 is 10.1 Å². The fourth-order valence-corrected chi connectivity index (χ4v) is 0.917. The molecule has 0 saturated carbocycles. The van der Waals surface area contributed by atoms with Gasteiger partial charge in [0.1, 0.15) is 0 Å². The van der Waals surface area contributed by atoms with Gasteiger partial charge in [0.05, 0.1) is 0 Å². The molecule has 0 aromatic carbocycles. The Morgan fingerprint density at radius 1 is 1.36 bits per heavy atom. The Morgan fingerprint density at radius 2 is 1.73 bits per heavy atom. The molecule has 0 atom stereocenters. The molecule has 0 spiro atoms. The minimum absolute atomic E-state index is 0. The molecule has 11 heavy (non-hydrogen) atoms. The van der Waals surface area contributed by atoms with E-state index in [9.17, 15) is 8.42 Å². The largest absolute Gasteiger partial charge is 0.352 e. The Kier molecular flexibility index (Phi) is 7.14. The molecule has 3 N–H and O–H groups in total. The van der Waals surface area contributed by atoms with Crippen molar-refractivity contribution in [2.75, 3.05) is 0 Å². The predicted octanol–water partition coefficient (Wildman–Crippen LogP) is -1.07. The van der Waals surface area contributed by atoms with Crippen LogP contribution in [0.3, 0.4) is 0 Å². The van der Waals surface area contributed by atoms with Crippen LogP contribution in [-0.4, -0.2) is 79.7 Å². The van der Waals surface area contributed by atoms with Gasteiger partial charge in [-0.25, -0.2) is 0 Å². The van der Waals surface area contributed by atoms with Crippen LogP contribution in [0.4, 0.5) is 0 Å². The summed E-state index contributed by atoms with van der Waals surface area (Å²) < 4.78 is 28.3. The third-order valence-electron chi connectivity index (χ3n) is 0.989. The van der Waals surface area contributed by atoms with Crippen LogP contribution >= 0.6 is 0 Å². The van der Waals surface area contributed by atoms with Crippen molar-refractivity contribution in [3.63, 3.8) is 0 Å². The Morgan fingerprint density at radius 3 is 1.82 bits per heavy atom. The van der Waals surface area contributed by atoms with E-state index in [2.05, 4.69) is 0 Å².